The maximum absolute atomic E-state index is 12.2. The lowest BCUT2D eigenvalue weighted by atomic mass is 9.98. The Labute approximate surface area is 122 Å². The monoisotopic (exact) mass is 308 g/mol. The Bertz CT molecular complexity index is 380. The van der Waals surface area contributed by atoms with Crippen LogP contribution >= 0.6 is 11.6 Å². The summed E-state index contributed by atoms with van der Waals surface area (Å²) in [5.41, 5.74) is 0. The lowest BCUT2D eigenvalue weighted by Crippen LogP contribution is -2.46. The average Bonchev–Trinajstić information content (AvgIpc) is 2.84. The number of nitrogens with zero attached hydrogens (tertiary/aromatic N) is 1. The SMILES string of the molecule is CC1CCN(S(=O)(=O)NCC2CCCC2CCl)CC1. The van der Waals surface area contributed by atoms with Gasteiger partial charge in [0.25, 0.3) is 10.2 Å². The summed E-state index contributed by atoms with van der Waals surface area (Å²) < 4.78 is 28.8. The van der Waals surface area contributed by atoms with Crippen molar-refractivity contribution < 1.29 is 8.42 Å². The van der Waals surface area contributed by atoms with Crippen LogP contribution in [0.2, 0.25) is 0 Å². The molecule has 0 aromatic heterocycles. The van der Waals surface area contributed by atoms with Crippen molar-refractivity contribution in [2.45, 2.75) is 39.0 Å². The van der Waals surface area contributed by atoms with Gasteiger partial charge in [0.2, 0.25) is 0 Å². The second kappa shape index (κ2) is 6.74. The fourth-order valence-corrected chi connectivity index (χ4v) is 4.82. The van der Waals surface area contributed by atoms with Crippen LogP contribution < -0.4 is 4.72 Å². The van der Waals surface area contributed by atoms with Crippen LogP contribution in [0.25, 0.3) is 0 Å². The first-order chi connectivity index (χ1) is 9.03. The van der Waals surface area contributed by atoms with E-state index < -0.39 is 10.2 Å². The first-order valence-corrected chi connectivity index (χ1v) is 9.31. The molecule has 0 amide bonds. The van der Waals surface area contributed by atoms with Crippen LogP contribution in [0.15, 0.2) is 0 Å². The highest BCUT2D eigenvalue weighted by atomic mass is 35.5. The third-order valence-electron chi connectivity index (χ3n) is 4.63. The molecule has 19 heavy (non-hydrogen) atoms. The van der Waals surface area contributed by atoms with Crippen molar-refractivity contribution in [3.8, 4) is 0 Å². The zero-order valence-electron chi connectivity index (χ0n) is 11.6. The zero-order chi connectivity index (χ0) is 13.9. The van der Waals surface area contributed by atoms with Gasteiger partial charge < -0.3 is 0 Å². The van der Waals surface area contributed by atoms with Gasteiger partial charge in [0.05, 0.1) is 0 Å². The maximum atomic E-state index is 12.2. The molecule has 4 nitrogen and oxygen atoms in total. The molecule has 1 saturated carbocycles. The Hall–Kier alpha value is 0.160. The number of nitrogens with one attached hydrogen (secondary N) is 1. The van der Waals surface area contributed by atoms with E-state index in [9.17, 15) is 8.42 Å². The second-order valence-corrected chi connectivity index (χ2v) is 8.10. The first kappa shape index (κ1) is 15.5. The van der Waals surface area contributed by atoms with Gasteiger partial charge in [-0.3, -0.25) is 0 Å². The summed E-state index contributed by atoms with van der Waals surface area (Å²) in [5, 5.41) is 0. The van der Waals surface area contributed by atoms with Crippen molar-refractivity contribution in [2.75, 3.05) is 25.5 Å². The van der Waals surface area contributed by atoms with Gasteiger partial charge in [0, 0.05) is 25.5 Å². The molecule has 0 aromatic rings. The van der Waals surface area contributed by atoms with Crippen molar-refractivity contribution in [3.05, 3.63) is 0 Å². The summed E-state index contributed by atoms with van der Waals surface area (Å²) in [6.07, 6.45) is 5.34. The Balaban J connectivity index is 1.84. The summed E-state index contributed by atoms with van der Waals surface area (Å²) in [4.78, 5) is 0. The molecule has 6 heteroatoms. The minimum Gasteiger partial charge on any atom is -0.202 e. The number of alkyl halides is 1. The van der Waals surface area contributed by atoms with E-state index in [1.165, 1.54) is 6.42 Å². The van der Waals surface area contributed by atoms with Gasteiger partial charge in [-0.2, -0.15) is 12.7 Å². The molecule has 0 bridgehead atoms. The van der Waals surface area contributed by atoms with Crippen LogP contribution in [-0.4, -0.2) is 38.2 Å². The third-order valence-corrected chi connectivity index (χ3v) is 6.60. The Morgan fingerprint density at radius 1 is 1.16 bits per heavy atom. The molecule has 0 spiro atoms. The normalized spacial score (nSPS) is 30.8. The highest BCUT2D eigenvalue weighted by Gasteiger charge is 2.30. The van der Waals surface area contributed by atoms with E-state index >= 15 is 0 Å². The zero-order valence-corrected chi connectivity index (χ0v) is 13.2. The fraction of sp³-hybridized carbons (Fsp3) is 1.00. The van der Waals surface area contributed by atoms with Gasteiger partial charge in [0.1, 0.15) is 0 Å². The molecule has 1 heterocycles. The quantitative estimate of drug-likeness (QED) is 0.792. The summed E-state index contributed by atoms with van der Waals surface area (Å²) in [7, 11) is -3.29. The first-order valence-electron chi connectivity index (χ1n) is 7.33. The van der Waals surface area contributed by atoms with E-state index in [4.69, 9.17) is 11.6 Å². The number of halogens is 1. The molecule has 0 radical (unpaired) electrons. The van der Waals surface area contributed by atoms with Gasteiger partial charge in [-0.1, -0.05) is 13.3 Å². The van der Waals surface area contributed by atoms with Crippen LogP contribution in [0.5, 0.6) is 0 Å². The van der Waals surface area contributed by atoms with E-state index in [2.05, 4.69) is 11.6 Å². The fourth-order valence-electron chi connectivity index (χ4n) is 3.11. The Morgan fingerprint density at radius 3 is 2.42 bits per heavy atom. The molecule has 1 aliphatic heterocycles. The number of hydrogen-bond acceptors (Lipinski definition) is 2. The molecule has 2 rings (SSSR count). The summed E-state index contributed by atoms with van der Waals surface area (Å²) in [5.74, 6) is 2.18. The smallest absolute Gasteiger partial charge is 0.202 e. The number of hydrogen-bond donors (Lipinski definition) is 1. The van der Waals surface area contributed by atoms with Crippen molar-refractivity contribution in [1.82, 2.24) is 9.03 Å². The molecular weight excluding hydrogens is 284 g/mol. The minimum atomic E-state index is -3.29. The Morgan fingerprint density at radius 2 is 1.79 bits per heavy atom. The number of rotatable bonds is 5. The van der Waals surface area contributed by atoms with E-state index in [1.807, 2.05) is 0 Å². The Kier molecular flexibility index (Phi) is 5.52. The van der Waals surface area contributed by atoms with Crippen LogP contribution in [0.3, 0.4) is 0 Å². The van der Waals surface area contributed by atoms with Crippen LogP contribution in [-0.2, 0) is 10.2 Å². The van der Waals surface area contributed by atoms with Crippen molar-refractivity contribution >= 4 is 21.8 Å². The molecule has 2 fully saturated rings. The van der Waals surface area contributed by atoms with E-state index in [1.54, 1.807) is 4.31 Å². The van der Waals surface area contributed by atoms with Crippen LogP contribution in [0.1, 0.15) is 39.0 Å². The van der Waals surface area contributed by atoms with Gasteiger partial charge in [-0.05, 0) is 43.4 Å². The minimum absolute atomic E-state index is 0.413. The van der Waals surface area contributed by atoms with E-state index in [-0.39, 0.29) is 0 Å². The highest BCUT2D eigenvalue weighted by molar-refractivity contribution is 7.87. The molecular formula is C13H25ClN2O2S. The lowest BCUT2D eigenvalue weighted by molar-refractivity contribution is 0.283. The highest BCUT2D eigenvalue weighted by Crippen LogP contribution is 2.32. The molecule has 2 atom stereocenters. The maximum Gasteiger partial charge on any atom is 0.279 e. The standard InChI is InChI=1S/C13H25ClN2O2S/c1-11-5-7-16(8-6-11)19(17,18)15-10-13-4-2-3-12(13)9-14/h11-13,15H,2-10H2,1H3. The summed E-state index contributed by atoms with van der Waals surface area (Å²) in [6.45, 7) is 4.03. The second-order valence-electron chi connectivity index (χ2n) is 6.04. The molecule has 1 saturated heterocycles. The van der Waals surface area contributed by atoms with Crippen LogP contribution in [0, 0.1) is 17.8 Å². The third kappa shape index (κ3) is 4.06. The van der Waals surface area contributed by atoms with Crippen LogP contribution in [0.4, 0.5) is 0 Å². The van der Waals surface area contributed by atoms with Crippen molar-refractivity contribution in [3.63, 3.8) is 0 Å². The van der Waals surface area contributed by atoms with E-state index in [0.29, 0.717) is 43.3 Å². The van der Waals surface area contributed by atoms with Gasteiger partial charge in [-0.15, -0.1) is 11.6 Å². The molecule has 112 valence electrons. The lowest BCUT2D eigenvalue weighted by Gasteiger charge is -2.30. The molecule has 0 aromatic carbocycles. The molecule has 2 unspecified atom stereocenters. The van der Waals surface area contributed by atoms with Gasteiger partial charge >= 0.3 is 0 Å². The summed E-state index contributed by atoms with van der Waals surface area (Å²) in [6, 6.07) is 0. The molecule has 1 aliphatic carbocycles. The molecule has 1 N–H and O–H groups in total. The largest absolute Gasteiger partial charge is 0.279 e. The predicted molar refractivity (Wildman–Crippen MR) is 78.4 cm³/mol. The van der Waals surface area contributed by atoms with Crippen molar-refractivity contribution in [2.24, 2.45) is 17.8 Å². The number of piperidine rings is 1. The molecule has 2 aliphatic rings. The topological polar surface area (TPSA) is 49.4 Å². The summed E-state index contributed by atoms with van der Waals surface area (Å²) >= 11 is 5.93. The average molecular weight is 309 g/mol. The van der Waals surface area contributed by atoms with E-state index in [0.717, 1.165) is 25.7 Å². The van der Waals surface area contributed by atoms with Gasteiger partial charge in [-0.25, -0.2) is 4.72 Å². The predicted octanol–water partition coefficient (Wildman–Crippen LogP) is 2.21. The van der Waals surface area contributed by atoms with Gasteiger partial charge in [0.15, 0.2) is 0 Å². The van der Waals surface area contributed by atoms with Crippen molar-refractivity contribution in [1.29, 1.82) is 0 Å².